The molecule has 1 aliphatic carbocycles. The predicted octanol–water partition coefficient (Wildman–Crippen LogP) is 7.13. The Morgan fingerprint density at radius 3 is 2.33 bits per heavy atom. The number of aliphatic hydroxyl groups is 1. The molecule has 0 bridgehead atoms. The summed E-state index contributed by atoms with van der Waals surface area (Å²) >= 11 is 0. The monoisotopic (exact) mass is 582 g/mol. The van der Waals surface area contributed by atoms with Crippen LogP contribution in [0.4, 0.5) is 15.9 Å². The second kappa shape index (κ2) is 15.2. The molecule has 1 unspecified atom stereocenters. The van der Waals surface area contributed by atoms with E-state index in [0.29, 0.717) is 28.4 Å². The summed E-state index contributed by atoms with van der Waals surface area (Å²) in [5.74, 6) is 7.46. The zero-order valence-corrected chi connectivity index (χ0v) is 25.5. The minimum absolute atomic E-state index is 0.0755. The number of aromatic nitrogens is 1. The number of benzene rings is 2. The van der Waals surface area contributed by atoms with Gasteiger partial charge < -0.3 is 21.1 Å². The van der Waals surface area contributed by atoms with Crippen molar-refractivity contribution in [1.29, 1.82) is 0 Å². The van der Waals surface area contributed by atoms with Crippen molar-refractivity contribution in [3.63, 3.8) is 0 Å². The van der Waals surface area contributed by atoms with Gasteiger partial charge in [0.15, 0.2) is 0 Å². The molecule has 0 spiro atoms. The van der Waals surface area contributed by atoms with Crippen LogP contribution in [0.3, 0.4) is 0 Å². The summed E-state index contributed by atoms with van der Waals surface area (Å²) in [5, 5.41) is 14.0. The predicted molar refractivity (Wildman–Crippen MR) is 173 cm³/mol. The largest absolute Gasteiger partial charge is 0.511 e. The number of nitrogens with two attached hydrogens (primary N) is 1. The SMILES string of the molecule is CC#CC(Cc1ccc(N2CCC(CNc3ccccn3)CC2)cc1)C(O)=C1CCC1.Cc1cc(F)cc(C)c1C(N)=O. The lowest BCUT2D eigenvalue weighted by atomic mass is 9.85. The van der Waals surface area contributed by atoms with Crippen molar-refractivity contribution in [1.82, 2.24) is 4.98 Å². The highest BCUT2D eigenvalue weighted by Gasteiger charge is 2.22. The highest BCUT2D eigenvalue weighted by molar-refractivity contribution is 5.95. The summed E-state index contributed by atoms with van der Waals surface area (Å²) < 4.78 is 12.7. The molecule has 1 aliphatic heterocycles. The fourth-order valence-electron chi connectivity index (χ4n) is 5.74. The average Bonchev–Trinajstić information content (AvgIpc) is 2.96. The maximum absolute atomic E-state index is 12.7. The molecule has 226 valence electrons. The Morgan fingerprint density at radius 2 is 1.79 bits per heavy atom. The van der Waals surface area contributed by atoms with Crippen LogP contribution in [-0.2, 0) is 6.42 Å². The van der Waals surface area contributed by atoms with E-state index in [1.807, 2.05) is 31.3 Å². The molecular weight excluding hydrogens is 539 g/mol. The lowest BCUT2D eigenvalue weighted by Crippen LogP contribution is -2.35. The first kappa shape index (κ1) is 31.6. The zero-order chi connectivity index (χ0) is 30.8. The van der Waals surface area contributed by atoms with Gasteiger partial charge in [-0.15, -0.1) is 5.92 Å². The molecule has 1 atom stereocenters. The van der Waals surface area contributed by atoms with Crippen LogP contribution in [0.15, 0.2) is 72.1 Å². The number of carbonyl (C=O) groups excluding carboxylic acids is 1. The second-order valence-electron chi connectivity index (χ2n) is 11.5. The fourth-order valence-corrected chi connectivity index (χ4v) is 5.74. The van der Waals surface area contributed by atoms with Gasteiger partial charge in [-0.3, -0.25) is 4.79 Å². The maximum Gasteiger partial charge on any atom is 0.249 e. The van der Waals surface area contributed by atoms with Crippen molar-refractivity contribution < 1.29 is 14.3 Å². The minimum atomic E-state index is -0.509. The molecule has 6 nitrogen and oxygen atoms in total. The molecule has 43 heavy (non-hydrogen) atoms. The Balaban J connectivity index is 0.000000296. The number of amides is 1. The van der Waals surface area contributed by atoms with Crippen molar-refractivity contribution >= 4 is 17.4 Å². The van der Waals surface area contributed by atoms with Crippen LogP contribution in [0, 0.1) is 43.3 Å². The first-order chi connectivity index (χ1) is 20.7. The lowest BCUT2D eigenvalue weighted by molar-refractivity contribution is 0.0999. The Kier molecular flexibility index (Phi) is 11.2. The van der Waals surface area contributed by atoms with Crippen LogP contribution in [-0.4, -0.2) is 35.6 Å². The first-order valence-electron chi connectivity index (χ1n) is 15.1. The highest BCUT2D eigenvalue weighted by atomic mass is 19.1. The average molecular weight is 583 g/mol. The molecule has 2 fully saturated rings. The van der Waals surface area contributed by atoms with Crippen LogP contribution in [0.25, 0.3) is 0 Å². The van der Waals surface area contributed by atoms with Gasteiger partial charge in [-0.25, -0.2) is 9.37 Å². The molecule has 1 saturated heterocycles. The van der Waals surface area contributed by atoms with Gasteiger partial charge in [0.25, 0.3) is 0 Å². The van der Waals surface area contributed by atoms with Gasteiger partial charge in [0, 0.05) is 37.1 Å². The molecule has 2 aromatic carbocycles. The van der Waals surface area contributed by atoms with Crippen molar-refractivity contribution in [2.24, 2.45) is 17.6 Å². The first-order valence-corrected chi connectivity index (χ1v) is 15.1. The van der Waals surface area contributed by atoms with Gasteiger partial charge >= 0.3 is 0 Å². The molecule has 1 aromatic heterocycles. The summed E-state index contributed by atoms with van der Waals surface area (Å²) in [4.78, 5) is 17.7. The van der Waals surface area contributed by atoms with Crippen molar-refractivity contribution in [2.45, 2.75) is 59.3 Å². The molecule has 5 rings (SSSR count). The zero-order valence-electron chi connectivity index (χ0n) is 25.5. The molecule has 3 aromatic rings. The number of primary amides is 1. The van der Waals surface area contributed by atoms with E-state index >= 15 is 0 Å². The van der Waals surface area contributed by atoms with E-state index in [9.17, 15) is 14.3 Å². The number of nitrogens with one attached hydrogen (secondary N) is 1. The Labute approximate surface area is 255 Å². The molecule has 1 amide bonds. The highest BCUT2D eigenvalue weighted by Crippen LogP contribution is 2.32. The van der Waals surface area contributed by atoms with E-state index in [1.54, 1.807) is 13.8 Å². The maximum atomic E-state index is 12.7. The Hall–Kier alpha value is -4.31. The smallest absolute Gasteiger partial charge is 0.249 e. The molecular formula is C36H43FN4O2. The van der Waals surface area contributed by atoms with E-state index in [2.05, 4.69) is 51.3 Å². The third kappa shape index (κ3) is 8.84. The number of hydrogen-bond donors (Lipinski definition) is 3. The number of pyridine rings is 1. The van der Waals surface area contributed by atoms with E-state index in [1.165, 1.54) is 48.2 Å². The van der Waals surface area contributed by atoms with Crippen LogP contribution < -0.4 is 16.0 Å². The molecule has 4 N–H and O–H groups in total. The van der Waals surface area contributed by atoms with Crippen molar-refractivity contribution in [3.05, 3.63) is 100 Å². The topological polar surface area (TPSA) is 91.5 Å². The number of nitrogens with zero attached hydrogens (tertiary/aromatic N) is 2. The number of carbonyl (C=O) groups is 1. The van der Waals surface area contributed by atoms with Gasteiger partial charge in [0.2, 0.25) is 5.91 Å². The third-order valence-electron chi connectivity index (χ3n) is 8.30. The number of anilines is 2. The number of allylic oxidation sites excluding steroid dienone is 2. The van der Waals surface area contributed by atoms with Gasteiger partial charge in [0.05, 0.1) is 5.92 Å². The van der Waals surface area contributed by atoms with Gasteiger partial charge in [0.1, 0.15) is 17.4 Å². The fraction of sp³-hybridized carbons (Fsp3) is 0.389. The number of piperidine rings is 1. The van der Waals surface area contributed by atoms with Crippen LogP contribution in [0.2, 0.25) is 0 Å². The van der Waals surface area contributed by atoms with Crippen LogP contribution in [0.5, 0.6) is 0 Å². The summed E-state index contributed by atoms with van der Waals surface area (Å²) in [7, 11) is 0. The Bertz CT molecular complexity index is 1440. The summed E-state index contributed by atoms with van der Waals surface area (Å²) in [6.45, 7) is 8.34. The quantitative estimate of drug-likeness (QED) is 0.194. The molecule has 1 saturated carbocycles. The summed E-state index contributed by atoms with van der Waals surface area (Å²) in [6, 6.07) is 17.4. The van der Waals surface area contributed by atoms with Crippen LogP contribution in [0.1, 0.15) is 66.1 Å². The number of halogens is 1. The van der Waals surface area contributed by atoms with Crippen molar-refractivity contribution in [3.8, 4) is 11.8 Å². The lowest BCUT2D eigenvalue weighted by Gasteiger charge is -2.34. The van der Waals surface area contributed by atoms with Crippen LogP contribution >= 0.6 is 0 Å². The standard InChI is InChI=1S/C27H33N3O.C9H10FNO/c1-2-6-24(27(31)23-7-5-8-23)19-21-10-12-25(13-11-21)30-17-14-22(15-18-30)20-29-26-9-3-4-16-28-26;1-5-3-7(10)4-6(2)8(5)9(11)12/h3-4,9-13,16,22,24,31H,5,7-8,14-15,17-20H2,1H3,(H,28,29);3-4H,1-2H3,(H2,11,12). The normalized spacial score (nSPS) is 15.3. The Morgan fingerprint density at radius 1 is 1.12 bits per heavy atom. The van der Waals surface area contributed by atoms with Gasteiger partial charge in [-0.2, -0.15) is 0 Å². The van der Waals surface area contributed by atoms with Gasteiger partial charge in [-0.1, -0.05) is 24.1 Å². The van der Waals surface area contributed by atoms with E-state index in [0.717, 1.165) is 44.7 Å². The second-order valence-corrected chi connectivity index (χ2v) is 11.5. The van der Waals surface area contributed by atoms with E-state index in [-0.39, 0.29) is 11.7 Å². The molecule has 2 aliphatic rings. The van der Waals surface area contributed by atoms with E-state index < -0.39 is 5.91 Å². The molecule has 0 radical (unpaired) electrons. The molecule has 7 heteroatoms. The number of rotatable bonds is 8. The number of hydrogen-bond acceptors (Lipinski definition) is 5. The minimum Gasteiger partial charge on any atom is -0.511 e. The third-order valence-corrected chi connectivity index (χ3v) is 8.30. The van der Waals surface area contributed by atoms with Crippen molar-refractivity contribution in [2.75, 3.05) is 29.9 Å². The number of aryl methyl sites for hydroxylation is 2. The summed E-state index contributed by atoms with van der Waals surface area (Å²) in [6.07, 6.45) is 8.24. The molecule has 2 heterocycles. The number of aliphatic hydroxyl groups excluding tert-OH is 1. The van der Waals surface area contributed by atoms with E-state index in [4.69, 9.17) is 5.73 Å². The summed E-state index contributed by atoms with van der Waals surface area (Å²) in [5.41, 5.74) is 10.4. The van der Waals surface area contributed by atoms with Gasteiger partial charge in [-0.05, 0) is 124 Å².